The number of nitro benzene ring substituents is 1. The number of hydrogen-bond acceptors (Lipinski definition) is 7. The van der Waals surface area contributed by atoms with E-state index in [9.17, 15) is 23.3 Å². The zero-order chi connectivity index (χ0) is 19.4. The molecule has 0 bridgehead atoms. The number of non-ortho nitro benzene ring substituents is 1. The Bertz CT molecular complexity index is 788. The van der Waals surface area contributed by atoms with Gasteiger partial charge in [-0.15, -0.1) is 12.4 Å². The van der Waals surface area contributed by atoms with Gasteiger partial charge in [-0.3, -0.25) is 14.9 Å². The van der Waals surface area contributed by atoms with Gasteiger partial charge in [0.15, 0.2) is 9.84 Å². The normalized spacial score (nSPS) is 16.2. The van der Waals surface area contributed by atoms with E-state index in [-0.39, 0.29) is 28.3 Å². The Morgan fingerprint density at radius 3 is 2.48 bits per heavy atom. The van der Waals surface area contributed by atoms with E-state index >= 15 is 0 Å². The molecule has 0 radical (unpaired) electrons. The Balaban J connectivity index is 0.00000364. The third-order valence-electron chi connectivity index (χ3n) is 4.53. The molecule has 0 spiro atoms. The third-order valence-corrected chi connectivity index (χ3v) is 5.62. The minimum absolute atomic E-state index is 0. The fourth-order valence-corrected chi connectivity index (χ4v) is 3.72. The van der Waals surface area contributed by atoms with Gasteiger partial charge in [0, 0.05) is 43.0 Å². The molecule has 1 heterocycles. The molecule has 2 rings (SSSR count). The van der Waals surface area contributed by atoms with Gasteiger partial charge in [0.25, 0.3) is 11.6 Å². The molecule has 1 aromatic rings. The summed E-state index contributed by atoms with van der Waals surface area (Å²) in [6, 6.07) is 3.18. The average Bonchev–Trinajstić information content (AvgIpc) is 2.59. The zero-order valence-corrected chi connectivity index (χ0v) is 16.8. The van der Waals surface area contributed by atoms with Gasteiger partial charge in [0.2, 0.25) is 0 Å². The van der Waals surface area contributed by atoms with Crippen LogP contribution in [-0.2, 0) is 14.6 Å². The number of hydrogen-bond donors (Lipinski definition) is 2. The molecule has 9 nitrogen and oxygen atoms in total. The molecule has 0 aromatic heterocycles. The largest absolute Gasteiger partial charge is 0.384 e. The molecule has 11 heteroatoms. The summed E-state index contributed by atoms with van der Waals surface area (Å²) in [5, 5.41) is 17.1. The van der Waals surface area contributed by atoms with Gasteiger partial charge in [-0.05, 0) is 32.0 Å². The molecule has 2 N–H and O–H groups in total. The predicted molar refractivity (Wildman–Crippen MR) is 102 cm³/mol. The minimum atomic E-state index is -3.68. The van der Waals surface area contributed by atoms with E-state index in [2.05, 4.69) is 10.6 Å². The quantitative estimate of drug-likeness (QED) is 0.499. The number of methoxy groups -OCH3 is 1. The number of rotatable bonds is 7. The third kappa shape index (κ3) is 6.13. The standard InChI is InChI=1S/C16H23N3O6S.ClH/c1-25-11-16(3-5-17-6-4-16)10-18-15(20)12-7-13(19(21)22)9-14(8-12)26(2,23)24;/h7-9,17H,3-6,10-11H2,1-2H3,(H,18,20);1H. The van der Waals surface area contributed by atoms with Crippen LogP contribution in [-0.4, -0.2) is 58.9 Å². The molecule has 1 fully saturated rings. The molecule has 1 aliphatic heterocycles. The van der Waals surface area contributed by atoms with E-state index in [0.717, 1.165) is 50.4 Å². The molecule has 0 saturated carbocycles. The number of piperidine rings is 1. The van der Waals surface area contributed by atoms with Crippen LogP contribution in [0.25, 0.3) is 0 Å². The van der Waals surface area contributed by atoms with Crippen molar-refractivity contribution in [3.8, 4) is 0 Å². The lowest BCUT2D eigenvalue weighted by Gasteiger charge is -2.37. The summed E-state index contributed by atoms with van der Waals surface area (Å²) >= 11 is 0. The molecule has 27 heavy (non-hydrogen) atoms. The Hall–Kier alpha value is -1.75. The molecule has 0 aliphatic carbocycles. The van der Waals surface area contributed by atoms with E-state index in [1.54, 1.807) is 7.11 Å². The van der Waals surface area contributed by atoms with Crippen molar-refractivity contribution in [2.24, 2.45) is 5.41 Å². The molecular formula is C16H24ClN3O6S. The van der Waals surface area contributed by atoms with Gasteiger partial charge in [-0.1, -0.05) is 0 Å². The van der Waals surface area contributed by atoms with Gasteiger partial charge >= 0.3 is 0 Å². The van der Waals surface area contributed by atoms with Crippen molar-refractivity contribution in [2.45, 2.75) is 17.7 Å². The molecule has 0 unspecified atom stereocenters. The number of carbonyl (C=O) groups excluding carboxylic acids is 1. The van der Waals surface area contributed by atoms with E-state index in [4.69, 9.17) is 4.74 Å². The fraction of sp³-hybridized carbons (Fsp3) is 0.562. The zero-order valence-electron chi connectivity index (χ0n) is 15.2. The molecule has 0 atom stereocenters. The Morgan fingerprint density at radius 2 is 1.96 bits per heavy atom. The van der Waals surface area contributed by atoms with E-state index in [1.165, 1.54) is 0 Å². The molecule has 1 aliphatic rings. The summed E-state index contributed by atoms with van der Waals surface area (Å²) in [6.07, 6.45) is 2.59. The molecular weight excluding hydrogens is 398 g/mol. The smallest absolute Gasteiger partial charge is 0.271 e. The lowest BCUT2D eigenvalue weighted by atomic mass is 9.79. The summed E-state index contributed by atoms with van der Waals surface area (Å²) in [5.41, 5.74) is -0.705. The van der Waals surface area contributed by atoms with Crippen molar-refractivity contribution in [2.75, 3.05) is 39.6 Å². The van der Waals surface area contributed by atoms with Crippen LogP contribution in [0.1, 0.15) is 23.2 Å². The van der Waals surface area contributed by atoms with E-state index in [1.807, 2.05) is 0 Å². The van der Waals surface area contributed by atoms with E-state index in [0.29, 0.717) is 13.2 Å². The highest BCUT2D eigenvalue weighted by molar-refractivity contribution is 7.90. The summed E-state index contributed by atoms with van der Waals surface area (Å²) in [7, 11) is -2.08. The number of halogens is 1. The highest BCUT2D eigenvalue weighted by Gasteiger charge is 2.32. The maximum atomic E-state index is 12.5. The van der Waals surface area contributed by atoms with Crippen LogP contribution < -0.4 is 10.6 Å². The number of benzene rings is 1. The second-order valence-corrected chi connectivity index (χ2v) is 8.63. The molecule has 1 saturated heterocycles. The van der Waals surface area contributed by atoms with Gasteiger partial charge in [0.05, 0.1) is 16.4 Å². The highest BCUT2D eigenvalue weighted by atomic mass is 35.5. The summed E-state index contributed by atoms with van der Waals surface area (Å²) in [6.45, 7) is 2.46. The lowest BCUT2D eigenvalue weighted by Crippen LogP contribution is -2.47. The SMILES string of the molecule is COCC1(CNC(=O)c2cc([N+](=O)[O-])cc(S(C)(=O)=O)c2)CCNCC1.Cl. The molecule has 1 amide bonds. The first kappa shape index (κ1) is 23.3. The summed E-state index contributed by atoms with van der Waals surface area (Å²) < 4.78 is 28.8. The first-order chi connectivity index (χ1) is 12.2. The Kier molecular flexibility index (Phi) is 8.15. The van der Waals surface area contributed by atoms with Crippen molar-refractivity contribution in [1.82, 2.24) is 10.6 Å². The van der Waals surface area contributed by atoms with Crippen molar-refractivity contribution in [1.29, 1.82) is 0 Å². The number of carbonyl (C=O) groups is 1. The first-order valence-electron chi connectivity index (χ1n) is 8.14. The number of nitrogens with zero attached hydrogens (tertiary/aromatic N) is 1. The molecule has 152 valence electrons. The molecule has 1 aromatic carbocycles. The maximum Gasteiger partial charge on any atom is 0.271 e. The number of nitro groups is 1. The van der Waals surface area contributed by atoms with Crippen molar-refractivity contribution in [3.63, 3.8) is 0 Å². The minimum Gasteiger partial charge on any atom is -0.384 e. The monoisotopic (exact) mass is 421 g/mol. The van der Waals surface area contributed by atoms with Gasteiger partial charge in [-0.2, -0.15) is 0 Å². The van der Waals surface area contributed by atoms with Crippen LogP contribution in [0.15, 0.2) is 23.1 Å². The maximum absolute atomic E-state index is 12.5. The second kappa shape index (κ2) is 9.45. The highest BCUT2D eigenvalue weighted by Crippen LogP contribution is 2.28. The van der Waals surface area contributed by atoms with E-state index < -0.39 is 26.4 Å². The second-order valence-electron chi connectivity index (χ2n) is 6.61. The van der Waals surface area contributed by atoms with Crippen LogP contribution in [0, 0.1) is 15.5 Å². The predicted octanol–water partition coefficient (Wildman–Crippen LogP) is 1.17. The average molecular weight is 422 g/mol. The summed E-state index contributed by atoms with van der Waals surface area (Å²) in [4.78, 5) is 22.6. The summed E-state index contributed by atoms with van der Waals surface area (Å²) in [5.74, 6) is -0.549. The van der Waals surface area contributed by atoms with Gasteiger partial charge < -0.3 is 15.4 Å². The number of nitrogens with one attached hydrogen (secondary N) is 2. The fourth-order valence-electron chi connectivity index (χ4n) is 3.04. The van der Waals surface area contributed by atoms with Crippen LogP contribution >= 0.6 is 12.4 Å². The van der Waals surface area contributed by atoms with Crippen LogP contribution in [0.4, 0.5) is 5.69 Å². The van der Waals surface area contributed by atoms with Gasteiger partial charge in [0.1, 0.15) is 0 Å². The number of ether oxygens (including phenoxy) is 1. The van der Waals surface area contributed by atoms with Crippen molar-refractivity contribution in [3.05, 3.63) is 33.9 Å². The van der Waals surface area contributed by atoms with Gasteiger partial charge in [-0.25, -0.2) is 8.42 Å². The first-order valence-corrected chi connectivity index (χ1v) is 10.0. The lowest BCUT2D eigenvalue weighted by molar-refractivity contribution is -0.385. The van der Waals surface area contributed by atoms with Crippen molar-refractivity contribution < 1.29 is 22.9 Å². The van der Waals surface area contributed by atoms with Crippen molar-refractivity contribution >= 4 is 33.8 Å². The van der Waals surface area contributed by atoms with Crippen LogP contribution in [0.2, 0.25) is 0 Å². The Morgan fingerprint density at radius 1 is 1.33 bits per heavy atom. The van der Waals surface area contributed by atoms with Crippen LogP contribution in [0.5, 0.6) is 0 Å². The number of amides is 1. The topological polar surface area (TPSA) is 128 Å². The number of sulfone groups is 1. The Labute approximate surface area is 164 Å². The van der Waals surface area contributed by atoms with Crippen LogP contribution in [0.3, 0.4) is 0 Å².